The van der Waals surface area contributed by atoms with Gasteiger partial charge in [-0.25, -0.2) is 0 Å². The second kappa shape index (κ2) is 4.89. The summed E-state index contributed by atoms with van der Waals surface area (Å²) >= 11 is 10.9. The van der Waals surface area contributed by atoms with Crippen LogP contribution in [-0.4, -0.2) is 23.5 Å². The maximum absolute atomic E-state index is 11.1. The van der Waals surface area contributed by atoms with E-state index in [1.807, 2.05) is 0 Å². The maximum atomic E-state index is 11.1. The summed E-state index contributed by atoms with van der Waals surface area (Å²) in [4.78, 5) is 11.4. The van der Waals surface area contributed by atoms with Crippen molar-refractivity contribution in [3.05, 3.63) is 28.8 Å². The van der Waals surface area contributed by atoms with Crippen LogP contribution in [0.1, 0.15) is 12.0 Å². The van der Waals surface area contributed by atoms with Crippen LogP contribution in [0.4, 0.5) is 5.69 Å². The standard InChI is InChI=1S/C11H12ClN3OS/c12-6-1-2-8(11(13)17)9(3-6)15-7-4-10(16)14-5-7/h1-3,7,15H,4-5H2,(H2,13,17)(H,14,16). The minimum atomic E-state index is 0.0430. The molecule has 0 aliphatic carbocycles. The molecule has 2 rings (SSSR count). The van der Waals surface area contributed by atoms with Gasteiger partial charge in [0.25, 0.3) is 0 Å². The molecule has 17 heavy (non-hydrogen) atoms. The molecule has 4 N–H and O–H groups in total. The van der Waals surface area contributed by atoms with Crippen molar-refractivity contribution >= 4 is 40.4 Å². The average Bonchev–Trinajstić information content (AvgIpc) is 2.63. The molecule has 1 fully saturated rings. The Morgan fingerprint density at radius 2 is 2.35 bits per heavy atom. The number of nitrogens with one attached hydrogen (secondary N) is 2. The second-order valence-electron chi connectivity index (χ2n) is 3.90. The molecule has 0 bridgehead atoms. The number of hydrogen-bond donors (Lipinski definition) is 3. The van der Waals surface area contributed by atoms with E-state index in [1.54, 1.807) is 18.2 Å². The Labute approximate surface area is 110 Å². The van der Waals surface area contributed by atoms with E-state index in [2.05, 4.69) is 10.6 Å². The van der Waals surface area contributed by atoms with Crippen LogP contribution in [0.3, 0.4) is 0 Å². The van der Waals surface area contributed by atoms with E-state index < -0.39 is 0 Å². The highest BCUT2D eigenvalue weighted by atomic mass is 35.5. The lowest BCUT2D eigenvalue weighted by atomic mass is 10.1. The van der Waals surface area contributed by atoms with Gasteiger partial charge in [0.2, 0.25) is 5.91 Å². The average molecular weight is 270 g/mol. The maximum Gasteiger partial charge on any atom is 0.222 e. The highest BCUT2D eigenvalue weighted by Gasteiger charge is 2.22. The second-order valence-corrected chi connectivity index (χ2v) is 4.78. The van der Waals surface area contributed by atoms with Gasteiger partial charge in [0.15, 0.2) is 0 Å². The van der Waals surface area contributed by atoms with E-state index in [0.29, 0.717) is 23.0 Å². The summed E-state index contributed by atoms with van der Waals surface area (Å²) in [6, 6.07) is 5.32. The van der Waals surface area contributed by atoms with Crippen molar-refractivity contribution in [1.29, 1.82) is 0 Å². The molecule has 4 nitrogen and oxygen atoms in total. The molecule has 1 aromatic rings. The number of halogens is 1. The van der Waals surface area contributed by atoms with Crippen LogP contribution in [0.2, 0.25) is 5.02 Å². The third-order valence-electron chi connectivity index (χ3n) is 2.58. The first-order valence-electron chi connectivity index (χ1n) is 5.19. The normalized spacial score (nSPS) is 18.9. The van der Waals surface area contributed by atoms with Crippen LogP contribution < -0.4 is 16.4 Å². The van der Waals surface area contributed by atoms with Crippen LogP contribution in [0.25, 0.3) is 0 Å². The molecule has 1 aromatic carbocycles. The third kappa shape index (κ3) is 2.87. The van der Waals surface area contributed by atoms with Crippen molar-refractivity contribution in [1.82, 2.24) is 5.32 Å². The summed E-state index contributed by atoms with van der Waals surface area (Å²) in [5.41, 5.74) is 7.14. The van der Waals surface area contributed by atoms with Crippen LogP contribution in [0, 0.1) is 0 Å². The fraction of sp³-hybridized carbons (Fsp3) is 0.273. The summed E-state index contributed by atoms with van der Waals surface area (Å²) in [7, 11) is 0. The van der Waals surface area contributed by atoms with Crippen molar-refractivity contribution in [3.8, 4) is 0 Å². The number of carbonyl (C=O) groups excluding carboxylic acids is 1. The highest BCUT2D eigenvalue weighted by molar-refractivity contribution is 7.80. The molecular formula is C11H12ClN3OS. The Hall–Kier alpha value is -1.33. The Morgan fingerprint density at radius 3 is 2.94 bits per heavy atom. The van der Waals surface area contributed by atoms with Crippen LogP contribution >= 0.6 is 23.8 Å². The van der Waals surface area contributed by atoms with Crippen molar-refractivity contribution in [2.45, 2.75) is 12.5 Å². The summed E-state index contributed by atoms with van der Waals surface area (Å²) in [6.07, 6.45) is 0.448. The highest BCUT2D eigenvalue weighted by Crippen LogP contribution is 2.22. The molecule has 1 aliphatic rings. The molecule has 0 spiro atoms. The quantitative estimate of drug-likeness (QED) is 0.723. The molecule has 0 aromatic heterocycles. The number of hydrogen-bond acceptors (Lipinski definition) is 3. The third-order valence-corrected chi connectivity index (χ3v) is 3.04. The van der Waals surface area contributed by atoms with Crippen LogP contribution in [0.5, 0.6) is 0 Å². The van der Waals surface area contributed by atoms with Gasteiger partial charge in [-0.2, -0.15) is 0 Å². The zero-order valence-electron chi connectivity index (χ0n) is 9.00. The largest absolute Gasteiger partial charge is 0.389 e. The van der Waals surface area contributed by atoms with Gasteiger partial charge < -0.3 is 16.4 Å². The monoisotopic (exact) mass is 269 g/mol. The molecule has 1 unspecified atom stereocenters. The van der Waals surface area contributed by atoms with Crippen molar-refractivity contribution in [2.75, 3.05) is 11.9 Å². The van der Waals surface area contributed by atoms with Crippen molar-refractivity contribution in [2.24, 2.45) is 5.73 Å². The molecule has 6 heteroatoms. The molecule has 1 heterocycles. The zero-order chi connectivity index (χ0) is 12.4. The molecular weight excluding hydrogens is 258 g/mol. The van der Waals surface area contributed by atoms with Crippen LogP contribution in [-0.2, 0) is 4.79 Å². The predicted molar refractivity (Wildman–Crippen MR) is 72.4 cm³/mol. The molecule has 90 valence electrons. The summed E-state index contributed by atoms with van der Waals surface area (Å²) < 4.78 is 0. The number of amides is 1. The number of nitrogens with two attached hydrogens (primary N) is 1. The number of rotatable bonds is 3. The first kappa shape index (κ1) is 12.1. The SMILES string of the molecule is NC(=S)c1ccc(Cl)cc1NC1CNC(=O)C1. The number of benzene rings is 1. The fourth-order valence-electron chi connectivity index (χ4n) is 1.78. The summed E-state index contributed by atoms with van der Waals surface area (Å²) in [6.45, 7) is 0.599. The van der Waals surface area contributed by atoms with Gasteiger partial charge in [0.1, 0.15) is 4.99 Å². The molecule has 0 radical (unpaired) electrons. The Bertz CT molecular complexity index is 478. The topological polar surface area (TPSA) is 67.2 Å². The molecule has 1 saturated heterocycles. The van der Waals surface area contributed by atoms with E-state index in [0.717, 1.165) is 11.3 Å². The Morgan fingerprint density at radius 1 is 1.59 bits per heavy atom. The van der Waals surface area contributed by atoms with Crippen molar-refractivity contribution in [3.63, 3.8) is 0 Å². The van der Waals surface area contributed by atoms with Gasteiger partial charge in [-0.3, -0.25) is 4.79 Å². The number of thiocarbonyl (C=S) groups is 1. The van der Waals surface area contributed by atoms with E-state index in [1.165, 1.54) is 0 Å². The summed E-state index contributed by atoms with van der Waals surface area (Å²) in [5.74, 6) is 0.0430. The number of anilines is 1. The lowest BCUT2D eigenvalue weighted by Gasteiger charge is -2.15. The van der Waals surface area contributed by atoms with Gasteiger partial charge >= 0.3 is 0 Å². The van der Waals surface area contributed by atoms with Gasteiger partial charge in [0, 0.05) is 29.2 Å². The minimum Gasteiger partial charge on any atom is -0.389 e. The van der Waals surface area contributed by atoms with E-state index in [4.69, 9.17) is 29.6 Å². The summed E-state index contributed by atoms with van der Waals surface area (Å²) in [5, 5.41) is 6.58. The molecule has 0 saturated carbocycles. The lowest BCUT2D eigenvalue weighted by Crippen LogP contribution is -2.24. The van der Waals surface area contributed by atoms with Crippen LogP contribution in [0.15, 0.2) is 18.2 Å². The Balaban J connectivity index is 2.21. The smallest absolute Gasteiger partial charge is 0.222 e. The first-order chi connectivity index (χ1) is 8.06. The molecule has 1 atom stereocenters. The lowest BCUT2D eigenvalue weighted by molar-refractivity contribution is -0.119. The van der Waals surface area contributed by atoms with Gasteiger partial charge in [-0.15, -0.1) is 0 Å². The van der Waals surface area contributed by atoms with Gasteiger partial charge in [0.05, 0.1) is 6.04 Å². The number of carbonyl (C=O) groups is 1. The minimum absolute atomic E-state index is 0.0430. The zero-order valence-corrected chi connectivity index (χ0v) is 10.6. The first-order valence-corrected chi connectivity index (χ1v) is 5.97. The van der Waals surface area contributed by atoms with E-state index >= 15 is 0 Å². The Kier molecular flexibility index (Phi) is 3.49. The fourth-order valence-corrected chi connectivity index (χ4v) is 2.13. The van der Waals surface area contributed by atoms with E-state index in [-0.39, 0.29) is 11.9 Å². The van der Waals surface area contributed by atoms with E-state index in [9.17, 15) is 4.79 Å². The molecule has 1 aliphatic heterocycles. The molecule has 1 amide bonds. The predicted octanol–water partition coefficient (Wildman–Crippen LogP) is 1.27. The van der Waals surface area contributed by atoms with Gasteiger partial charge in [-0.05, 0) is 18.2 Å². The van der Waals surface area contributed by atoms with Crippen molar-refractivity contribution < 1.29 is 4.79 Å². The van der Waals surface area contributed by atoms with Gasteiger partial charge in [-0.1, -0.05) is 23.8 Å².